The lowest BCUT2D eigenvalue weighted by Gasteiger charge is -2.09. The van der Waals surface area contributed by atoms with E-state index < -0.39 is 11.9 Å². The van der Waals surface area contributed by atoms with Crippen LogP contribution in [0.4, 0.5) is 10.5 Å². The van der Waals surface area contributed by atoms with Crippen LogP contribution >= 0.6 is 11.8 Å². The van der Waals surface area contributed by atoms with Gasteiger partial charge in [-0.05, 0) is 18.4 Å². The minimum absolute atomic E-state index is 0.0144. The summed E-state index contributed by atoms with van der Waals surface area (Å²) in [6.07, 6.45) is 1.95. The summed E-state index contributed by atoms with van der Waals surface area (Å²) in [5, 5.41) is 4.91. The number of hydrogen-bond donors (Lipinski definition) is 3. The van der Waals surface area contributed by atoms with Crippen LogP contribution in [0.15, 0.2) is 29.2 Å². The van der Waals surface area contributed by atoms with Gasteiger partial charge in [0.15, 0.2) is 0 Å². The van der Waals surface area contributed by atoms with Gasteiger partial charge in [-0.15, -0.1) is 11.8 Å². The molecule has 0 radical (unpaired) electrons. The highest BCUT2D eigenvalue weighted by molar-refractivity contribution is 7.98. The number of urea groups is 1. The predicted molar refractivity (Wildman–Crippen MR) is 64.4 cm³/mol. The first-order valence-corrected chi connectivity index (χ1v) is 5.82. The average molecular weight is 239 g/mol. The molecule has 1 aromatic rings. The number of nitrogens with one attached hydrogen (secondary N) is 2. The number of carbonyl (C=O) groups is 2. The van der Waals surface area contributed by atoms with Gasteiger partial charge < -0.3 is 11.1 Å². The van der Waals surface area contributed by atoms with Gasteiger partial charge in [-0.3, -0.25) is 10.1 Å². The fraction of sp³-hybridized carbons (Fsp3) is 0.200. The van der Waals surface area contributed by atoms with E-state index in [0.29, 0.717) is 0 Å². The molecule has 6 heteroatoms. The van der Waals surface area contributed by atoms with Gasteiger partial charge in [0.05, 0.1) is 6.54 Å². The highest BCUT2D eigenvalue weighted by atomic mass is 32.2. The molecule has 0 spiro atoms. The van der Waals surface area contributed by atoms with Crippen molar-refractivity contribution >= 4 is 29.4 Å². The minimum Gasteiger partial charge on any atom is -0.375 e. The molecule has 0 aliphatic carbocycles. The number of amides is 3. The fourth-order valence-corrected chi connectivity index (χ4v) is 1.72. The molecule has 86 valence electrons. The van der Waals surface area contributed by atoms with Crippen molar-refractivity contribution in [2.75, 3.05) is 18.1 Å². The van der Waals surface area contributed by atoms with Crippen LogP contribution in [0.5, 0.6) is 0 Å². The SMILES string of the molecule is CSc1ccccc1NCC(=O)NC(N)=O. The summed E-state index contributed by atoms with van der Waals surface area (Å²) in [5.74, 6) is -0.455. The molecule has 1 aromatic carbocycles. The van der Waals surface area contributed by atoms with Crippen molar-refractivity contribution < 1.29 is 9.59 Å². The van der Waals surface area contributed by atoms with E-state index in [1.807, 2.05) is 35.8 Å². The van der Waals surface area contributed by atoms with Gasteiger partial charge in [0.1, 0.15) is 0 Å². The summed E-state index contributed by atoms with van der Waals surface area (Å²) in [7, 11) is 0. The Kier molecular flexibility index (Phi) is 4.65. The number of imide groups is 1. The van der Waals surface area contributed by atoms with Crippen molar-refractivity contribution in [2.45, 2.75) is 4.90 Å². The van der Waals surface area contributed by atoms with Crippen molar-refractivity contribution in [1.82, 2.24) is 5.32 Å². The van der Waals surface area contributed by atoms with Crippen molar-refractivity contribution in [3.8, 4) is 0 Å². The third-order valence-corrected chi connectivity index (χ3v) is 2.60. The van der Waals surface area contributed by atoms with Gasteiger partial charge in [0.25, 0.3) is 0 Å². The molecule has 0 heterocycles. The maximum Gasteiger partial charge on any atom is 0.318 e. The first-order valence-electron chi connectivity index (χ1n) is 4.59. The Balaban J connectivity index is 2.54. The van der Waals surface area contributed by atoms with Crippen molar-refractivity contribution in [2.24, 2.45) is 5.73 Å². The second-order valence-corrected chi connectivity index (χ2v) is 3.81. The lowest BCUT2D eigenvalue weighted by atomic mass is 10.3. The number of thioether (sulfide) groups is 1. The molecule has 3 amide bonds. The summed E-state index contributed by atoms with van der Waals surface area (Å²) in [4.78, 5) is 22.6. The molecule has 0 saturated carbocycles. The average Bonchev–Trinajstić information content (AvgIpc) is 2.26. The minimum atomic E-state index is -0.843. The van der Waals surface area contributed by atoms with Crippen LogP contribution in [0.25, 0.3) is 0 Å². The topological polar surface area (TPSA) is 84.2 Å². The zero-order chi connectivity index (χ0) is 12.0. The van der Waals surface area contributed by atoms with E-state index in [1.165, 1.54) is 0 Å². The Bertz CT molecular complexity index is 395. The quantitative estimate of drug-likeness (QED) is 0.685. The summed E-state index contributed by atoms with van der Waals surface area (Å²) in [5.41, 5.74) is 5.67. The normalized spacial score (nSPS) is 9.56. The standard InChI is InChI=1S/C10H13N3O2S/c1-16-8-5-3-2-4-7(8)12-6-9(14)13-10(11)15/h2-5,12H,6H2,1H3,(H3,11,13,14,15). The van der Waals surface area contributed by atoms with Gasteiger partial charge >= 0.3 is 6.03 Å². The third-order valence-electron chi connectivity index (χ3n) is 1.81. The molecule has 4 N–H and O–H groups in total. The number of hydrogen-bond acceptors (Lipinski definition) is 4. The fourth-order valence-electron chi connectivity index (χ4n) is 1.15. The maximum absolute atomic E-state index is 11.1. The molecule has 0 aliphatic rings. The van der Waals surface area contributed by atoms with Crippen molar-refractivity contribution in [1.29, 1.82) is 0 Å². The molecule has 16 heavy (non-hydrogen) atoms. The second-order valence-electron chi connectivity index (χ2n) is 2.97. The molecular weight excluding hydrogens is 226 g/mol. The van der Waals surface area contributed by atoms with Gasteiger partial charge in [-0.25, -0.2) is 4.79 Å². The Hall–Kier alpha value is -1.69. The van der Waals surface area contributed by atoms with Gasteiger partial charge in [-0.2, -0.15) is 0 Å². The number of primary amides is 1. The first kappa shape index (κ1) is 12.4. The number of anilines is 1. The van der Waals surface area contributed by atoms with Crippen LogP contribution in [0.1, 0.15) is 0 Å². The smallest absolute Gasteiger partial charge is 0.318 e. The van der Waals surface area contributed by atoms with E-state index in [2.05, 4.69) is 5.32 Å². The molecule has 0 aliphatic heterocycles. The van der Waals surface area contributed by atoms with Gasteiger partial charge in [0, 0.05) is 10.6 Å². The number of carbonyl (C=O) groups excluding carboxylic acids is 2. The molecule has 5 nitrogen and oxygen atoms in total. The molecule has 0 atom stereocenters. The van der Waals surface area contributed by atoms with Crippen molar-refractivity contribution in [3.05, 3.63) is 24.3 Å². The predicted octanol–water partition coefficient (Wildman–Crippen LogP) is 1.02. The maximum atomic E-state index is 11.1. The van der Waals surface area contributed by atoms with Crippen LogP contribution < -0.4 is 16.4 Å². The number of benzene rings is 1. The molecule has 0 saturated heterocycles. The highest BCUT2D eigenvalue weighted by Gasteiger charge is 2.05. The van der Waals surface area contributed by atoms with Gasteiger partial charge in [-0.1, -0.05) is 12.1 Å². The lowest BCUT2D eigenvalue weighted by molar-refractivity contribution is -0.118. The van der Waals surface area contributed by atoms with E-state index in [0.717, 1.165) is 10.6 Å². The van der Waals surface area contributed by atoms with Crippen LogP contribution in [-0.4, -0.2) is 24.7 Å². The molecular formula is C10H13N3O2S. The molecule has 0 bridgehead atoms. The number of nitrogens with two attached hydrogens (primary N) is 1. The van der Waals surface area contributed by atoms with Crippen molar-refractivity contribution in [3.63, 3.8) is 0 Å². The summed E-state index contributed by atoms with van der Waals surface area (Å²) >= 11 is 1.58. The van der Waals surface area contributed by atoms with Crippen LogP contribution in [0, 0.1) is 0 Å². The Morgan fingerprint density at radius 1 is 1.38 bits per heavy atom. The number of para-hydroxylation sites is 1. The van der Waals surface area contributed by atoms with E-state index >= 15 is 0 Å². The monoisotopic (exact) mass is 239 g/mol. The lowest BCUT2D eigenvalue weighted by Crippen LogP contribution is -2.38. The zero-order valence-electron chi connectivity index (χ0n) is 8.82. The van der Waals surface area contributed by atoms with E-state index in [-0.39, 0.29) is 6.54 Å². The van der Waals surface area contributed by atoms with Crippen LogP contribution in [0.3, 0.4) is 0 Å². The summed E-state index contributed by atoms with van der Waals surface area (Å²) < 4.78 is 0. The Labute approximate surface area is 97.8 Å². The van der Waals surface area contributed by atoms with E-state index in [9.17, 15) is 9.59 Å². The van der Waals surface area contributed by atoms with Crippen LogP contribution in [-0.2, 0) is 4.79 Å². The summed E-state index contributed by atoms with van der Waals surface area (Å²) in [6.45, 7) is 0.0144. The highest BCUT2D eigenvalue weighted by Crippen LogP contribution is 2.24. The Morgan fingerprint density at radius 2 is 2.06 bits per heavy atom. The molecule has 0 fully saturated rings. The zero-order valence-corrected chi connectivity index (χ0v) is 9.64. The Morgan fingerprint density at radius 3 is 2.69 bits per heavy atom. The van der Waals surface area contributed by atoms with Crippen LogP contribution in [0.2, 0.25) is 0 Å². The van der Waals surface area contributed by atoms with Gasteiger partial charge in [0.2, 0.25) is 5.91 Å². The molecule has 1 rings (SSSR count). The molecule has 0 aromatic heterocycles. The first-order chi connectivity index (χ1) is 7.63. The van der Waals surface area contributed by atoms with E-state index in [1.54, 1.807) is 11.8 Å². The number of rotatable bonds is 4. The molecule has 0 unspecified atom stereocenters. The largest absolute Gasteiger partial charge is 0.375 e. The third kappa shape index (κ3) is 3.82. The summed E-state index contributed by atoms with van der Waals surface area (Å²) in [6, 6.07) is 6.75. The second kappa shape index (κ2) is 6.02. The van der Waals surface area contributed by atoms with E-state index in [4.69, 9.17) is 5.73 Å².